The van der Waals surface area contributed by atoms with Gasteiger partial charge < -0.3 is 20.3 Å². The minimum atomic E-state index is -0.431. The van der Waals surface area contributed by atoms with E-state index < -0.39 is 6.04 Å². The molecule has 5 heteroatoms. The highest BCUT2D eigenvalue weighted by Gasteiger charge is 2.21. The molecule has 1 atom stereocenters. The summed E-state index contributed by atoms with van der Waals surface area (Å²) in [6.45, 7) is 1.90. The van der Waals surface area contributed by atoms with E-state index in [1.165, 1.54) is 0 Å². The highest BCUT2D eigenvalue weighted by Crippen LogP contribution is 2.40. The van der Waals surface area contributed by atoms with Gasteiger partial charge >= 0.3 is 0 Å². The summed E-state index contributed by atoms with van der Waals surface area (Å²) in [7, 11) is 3.19. The van der Waals surface area contributed by atoms with E-state index in [9.17, 15) is 5.11 Å². The molecule has 0 bridgehead atoms. The second-order valence-electron chi connectivity index (χ2n) is 3.63. The Hall–Kier alpha value is -0.780. The first kappa shape index (κ1) is 14.3. The summed E-state index contributed by atoms with van der Waals surface area (Å²) in [5, 5.41) is 9.20. The van der Waals surface area contributed by atoms with Crippen LogP contribution in [0.25, 0.3) is 0 Å². The van der Waals surface area contributed by atoms with Crippen LogP contribution < -0.4 is 15.2 Å². The van der Waals surface area contributed by atoms with Crippen LogP contribution in [-0.4, -0.2) is 25.9 Å². The van der Waals surface area contributed by atoms with Gasteiger partial charge in [-0.05, 0) is 18.1 Å². The molecule has 1 aromatic carbocycles. The summed E-state index contributed by atoms with van der Waals surface area (Å²) >= 11 is 3.46. The van der Waals surface area contributed by atoms with E-state index in [1.807, 2.05) is 13.0 Å². The van der Waals surface area contributed by atoms with Gasteiger partial charge in [0, 0.05) is 10.0 Å². The van der Waals surface area contributed by atoms with E-state index in [0.717, 1.165) is 22.0 Å². The van der Waals surface area contributed by atoms with E-state index in [2.05, 4.69) is 15.9 Å². The first-order valence-corrected chi connectivity index (χ1v) is 6.19. The van der Waals surface area contributed by atoms with Crippen molar-refractivity contribution in [2.75, 3.05) is 20.8 Å². The molecule has 1 unspecified atom stereocenters. The van der Waals surface area contributed by atoms with Crippen molar-refractivity contribution in [2.24, 2.45) is 5.73 Å². The molecule has 17 heavy (non-hydrogen) atoms. The van der Waals surface area contributed by atoms with Crippen molar-refractivity contribution in [3.05, 3.63) is 21.7 Å². The van der Waals surface area contributed by atoms with Crippen molar-refractivity contribution in [3.63, 3.8) is 0 Å². The predicted molar refractivity (Wildman–Crippen MR) is 70.6 cm³/mol. The minimum absolute atomic E-state index is 0.110. The van der Waals surface area contributed by atoms with Gasteiger partial charge in [0.2, 0.25) is 0 Å². The van der Waals surface area contributed by atoms with E-state index in [4.69, 9.17) is 15.2 Å². The molecule has 0 amide bonds. The van der Waals surface area contributed by atoms with Gasteiger partial charge in [-0.25, -0.2) is 0 Å². The molecule has 96 valence electrons. The topological polar surface area (TPSA) is 64.7 Å². The quantitative estimate of drug-likeness (QED) is 0.873. The number of hydrogen-bond donors (Lipinski definition) is 2. The van der Waals surface area contributed by atoms with E-state index in [0.29, 0.717) is 11.5 Å². The van der Waals surface area contributed by atoms with Crippen molar-refractivity contribution in [1.82, 2.24) is 0 Å². The van der Waals surface area contributed by atoms with Crippen LogP contribution in [0.2, 0.25) is 0 Å². The summed E-state index contributed by atoms with van der Waals surface area (Å²) in [4.78, 5) is 0. The second-order valence-corrected chi connectivity index (χ2v) is 4.48. The third kappa shape index (κ3) is 2.73. The van der Waals surface area contributed by atoms with Crippen molar-refractivity contribution >= 4 is 15.9 Å². The third-order valence-electron chi connectivity index (χ3n) is 2.68. The number of halogens is 1. The highest BCUT2D eigenvalue weighted by molar-refractivity contribution is 9.10. The van der Waals surface area contributed by atoms with Gasteiger partial charge in [-0.3, -0.25) is 0 Å². The molecule has 0 aliphatic carbocycles. The van der Waals surface area contributed by atoms with Gasteiger partial charge in [0.15, 0.2) is 11.5 Å². The lowest BCUT2D eigenvalue weighted by molar-refractivity contribution is 0.266. The normalized spacial score (nSPS) is 12.4. The van der Waals surface area contributed by atoms with Gasteiger partial charge in [0.1, 0.15) is 0 Å². The molecular formula is C12H18BrNO3. The third-order valence-corrected chi connectivity index (χ3v) is 3.34. The summed E-state index contributed by atoms with van der Waals surface area (Å²) in [5.74, 6) is 1.34. The maximum atomic E-state index is 9.20. The lowest BCUT2D eigenvalue weighted by atomic mass is 9.98. The van der Waals surface area contributed by atoms with E-state index in [1.54, 1.807) is 14.2 Å². The lowest BCUT2D eigenvalue weighted by Gasteiger charge is -2.20. The zero-order valence-electron chi connectivity index (χ0n) is 10.3. The van der Waals surface area contributed by atoms with Crippen LogP contribution in [0.3, 0.4) is 0 Å². The van der Waals surface area contributed by atoms with Crippen LogP contribution in [-0.2, 0) is 6.42 Å². The molecule has 0 saturated heterocycles. The Morgan fingerprint density at radius 3 is 2.47 bits per heavy atom. The first-order valence-electron chi connectivity index (χ1n) is 5.40. The fourth-order valence-electron chi connectivity index (χ4n) is 1.89. The maximum absolute atomic E-state index is 9.20. The predicted octanol–water partition coefficient (Wildman–Crippen LogP) is 2.02. The summed E-state index contributed by atoms with van der Waals surface area (Å²) < 4.78 is 11.5. The molecule has 0 fully saturated rings. The standard InChI is InChI=1S/C12H18BrNO3/c1-4-7-11(9(14)6-15)8(13)5-10(16-2)12(7)17-3/h5,9,15H,4,6,14H2,1-3H3. The van der Waals surface area contributed by atoms with Crippen LogP contribution in [0.1, 0.15) is 24.1 Å². The molecule has 0 aromatic heterocycles. The van der Waals surface area contributed by atoms with Crippen molar-refractivity contribution in [2.45, 2.75) is 19.4 Å². The van der Waals surface area contributed by atoms with Gasteiger partial charge in [0.25, 0.3) is 0 Å². The van der Waals surface area contributed by atoms with Gasteiger partial charge in [-0.2, -0.15) is 0 Å². The Morgan fingerprint density at radius 2 is 2.06 bits per heavy atom. The molecule has 0 radical (unpaired) electrons. The summed E-state index contributed by atoms with van der Waals surface area (Å²) in [6, 6.07) is 1.38. The molecule has 0 heterocycles. The molecule has 0 aliphatic heterocycles. The SMILES string of the molecule is CCc1c(OC)c(OC)cc(Br)c1C(N)CO. The largest absolute Gasteiger partial charge is 0.493 e. The average molecular weight is 304 g/mol. The van der Waals surface area contributed by atoms with Crippen molar-refractivity contribution in [3.8, 4) is 11.5 Å². The van der Waals surface area contributed by atoms with Crippen molar-refractivity contribution < 1.29 is 14.6 Å². The van der Waals surface area contributed by atoms with Crippen LogP contribution in [0.15, 0.2) is 10.5 Å². The molecule has 0 aliphatic rings. The van der Waals surface area contributed by atoms with Gasteiger partial charge in [0.05, 0.1) is 26.9 Å². The number of aliphatic hydroxyl groups is 1. The van der Waals surface area contributed by atoms with Crippen LogP contribution in [0.5, 0.6) is 11.5 Å². The maximum Gasteiger partial charge on any atom is 0.164 e. The zero-order chi connectivity index (χ0) is 13.0. The first-order chi connectivity index (χ1) is 8.10. The Morgan fingerprint density at radius 1 is 1.41 bits per heavy atom. The summed E-state index contributed by atoms with van der Waals surface area (Å²) in [6.07, 6.45) is 0.752. The molecule has 1 aromatic rings. The molecule has 1 rings (SSSR count). The molecule has 3 N–H and O–H groups in total. The lowest BCUT2D eigenvalue weighted by Crippen LogP contribution is -2.18. The number of aliphatic hydroxyl groups excluding tert-OH is 1. The number of rotatable bonds is 5. The molecule has 4 nitrogen and oxygen atoms in total. The Bertz CT molecular complexity index is 396. The highest BCUT2D eigenvalue weighted by atomic mass is 79.9. The molecule has 0 spiro atoms. The molecular weight excluding hydrogens is 286 g/mol. The van der Waals surface area contributed by atoms with Gasteiger partial charge in [-0.1, -0.05) is 22.9 Å². The number of ether oxygens (including phenoxy) is 2. The smallest absolute Gasteiger partial charge is 0.164 e. The fraction of sp³-hybridized carbons (Fsp3) is 0.500. The zero-order valence-corrected chi connectivity index (χ0v) is 11.9. The Labute approximate surface area is 110 Å². The van der Waals surface area contributed by atoms with Crippen molar-refractivity contribution in [1.29, 1.82) is 0 Å². The Kier molecular flexibility index (Phi) is 5.24. The van der Waals surface area contributed by atoms with Crippen LogP contribution >= 0.6 is 15.9 Å². The molecule has 0 saturated carbocycles. The number of benzene rings is 1. The second kappa shape index (κ2) is 6.23. The van der Waals surface area contributed by atoms with Gasteiger partial charge in [-0.15, -0.1) is 0 Å². The van der Waals surface area contributed by atoms with E-state index in [-0.39, 0.29) is 6.61 Å². The monoisotopic (exact) mass is 303 g/mol. The van der Waals surface area contributed by atoms with Crippen LogP contribution in [0, 0.1) is 0 Å². The average Bonchev–Trinajstić information content (AvgIpc) is 2.36. The van der Waals surface area contributed by atoms with Crippen LogP contribution in [0.4, 0.5) is 0 Å². The fourth-order valence-corrected chi connectivity index (χ4v) is 2.63. The minimum Gasteiger partial charge on any atom is -0.493 e. The number of methoxy groups -OCH3 is 2. The Balaban J connectivity index is 3.48. The number of nitrogens with two attached hydrogens (primary N) is 1. The number of hydrogen-bond acceptors (Lipinski definition) is 4. The van der Waals surface area contributed by atoms with E-state index >= 15 is 0 Å². The summed E-state index contributed by atoms with van der Waals surface area (Å²) in [5.41, 5.74) is 7.74.